The highest BCUT2D eigenvalue weighted by molar-refractivity contribution is 6.05. The van der Waals surface area contributed by atoms with Crippen LogP contribution in [-0.2, 0) is 0 Å². The quantitative estimate of drug-likeness (QED) is 0.670. The van der Waals surface area contributed by atoms with Crippen LogP contribution in [0.25, 0.3) is 5.65 Å². The summed E-state index contributed by atoms with van der Waals surface area (Å²) in [7, 11) is 0. The van der Waals surface area contributed by atoms with Gasteiger partial charge in [0.25, 0.3) is 11.5 Å². The molecule has 0 aromatic carbocycles. The largest absolute Gasteiger partial charge is 0.493 e. The van der Waals surface area contributed by atoms with E-state index < -0.39 is 22.9 Å². The lowest BCUT2D eigenvalue weighted by molar-refractivity contribution is 0.102. The fraction of sp³-hybridized carbons (Fsp3) is 0. The Morgan fingerprint density at radius 3 is 2.76 bits per heavy atom. The number of amides is 1. The van der Waals surface area contributed by atoms with Crippen molar-refractivity contribution in [3.63, 3.8) is 0 Å². The number of rotatable bonds is 2. The zero-order chi connectivity index (χ0) is 14.8. The van der Waals surface area contributed by atoms with Crippen LogP contribution in [0.2, 0.25) is 0 Å². The highest BCUT2D eigenvalue weighted by atomic mass is 16.3. The van der Waals surface area contributed by atoms with Gasteiger partial charge in [0.1, 0.15) is 0 Å². The number of aromatic nitrogens is 5. The molecule has 3 heterocycles. The van der Waals surface area contributed by atoms with E-state index in [2.05, 4.69) is 25.3 Å². The molecular formula is C12H8N6O3. The molecule has 0 atom stereocenters. The second kappa shape index (κ2) is 4.96. The van der Waals surface area contributed by atoms with Crippen molar-refractivity contribution in [3.8, 4) is 5.88 Å². The first-order valence-electron chi connectivity index (χ1n) is 5.79. The van der Waals surface area contributed by atoms with Crippen LogP contribution in [0.15, 0.2) is 42.0 Å². The number of aromatic hydroxyl groups is 1. The van der Waals surface area contributed by atoms with Gasteiger partial charge in [-0.2, -0.15) is 4.98 Å². The minimum atomic E-state index is -0.822. The Morgan fingerprint density at radius 2 is 2.00 bits per heavy atom. The molecule has 9 nitrogen and oxygen atoms in total. The van der Waals surface area contributed by atoms with E-state index >= 15 is 0 Å². The lowest BCUT2D eigenvalue weighted by Gasteiger charge is -2.06. The zero-order valence-corrected chi connectivity index (χ0v) is 10.5. The second-order valence-corrected chi connectivity index (χ2v) is 3.96. The lowest BCUT2D eigenvalue weighted by Crippen LogP contribution is -2.27. The number of anilines is 1. The minimum absolute atomic E-state index is 0.135. The maximum atomic E-state index is 12.2. The SMILES string of the molecule is O=C(Nc1cnccn1)c1c(O)nc2cnccn2c1=O. The summed E-state index contributed by atoms with van der Waals surface area (Å²) >= 11 is 0. The molecule has 0 unspecified atom stereocenters. The Bertz CT molecular complexity index is 877. The summed E-state index contributed by atoms with van der Waals surface area (Å²) in [4.78, 5) is 39.5. The molecule has 9 heteroatoms. The van der Waals surface area contributed by atoms with E-state index in [1.807, 2.05) is 0 Å². The molecule has 0 radical (unpaired) electrons. The lowest BCUT2D eigenvalue weighted by atomic mass is 10.3. The van der Waals surface area contributed by atoms with Crippen molar-refractivity contribution in [3.05, 3.63) is 53.1 Å². The minimum Gasteiger partial charge on any atom is -0.493 e. The number of carbonyl (C=O) groups excluding carboxylic acids is 1. The third-order valence-electron chi connectivity index (χ3n) is 2.65. The third kappa shape index (κ3) is 2.27. The maximum Gasteiger partial charge on any atom is 0.274 e. The Labute approximate surface area is 117 Å². The number of hydrogen-bond acceptors (Lipinski definition) is 7. The van der Waals surface area contributed by atoms with E-state index in [1.54, 1.807) is 0 Å². The van der Waals surface area contributed by atoms with Crippen LogP contribution in [0.5, 0.6) is 5.88 Å². The van der Waals surface area contributed by atoms with E-state index in [-0.39, 0.29) is 11.5 Å². The van der Waals surface area contributed by atoms with E-state index in [0.29, 0.717) is 0 Å². The van der Waals surface area contributed by atoms with Gasteiger partial charge in [0, 0.05) is 24.8 Å². The van der Waals surface area contributed by atoms with Crippen molar-refractivity contribution < 1.29 is 9.90 Å². The summed E-state index contributed by atoms with van der Waals surface area (Å²) in [5.41, 5.74) is -1.05. The van der Waals surface area contributed by atoms with Crippen LogP contribution in [0, 0.1) is 0 Å². The average Bonchev–Trinajstić information content (AvgIpc) is 2.48. The summed E-state index contributed by atoms with van der Waals surface area (Å²) in [6.07, 6.45) is 8.15. The highest BCUT2D eigenvalue weighted by Crippen LogP contribution is 2.12. The van der Waals surface area contributed by atoms with Crippen molar-refractivity contribution >= 4 is 17.4 Å². The summed E-state index contributed by atoms with van der Waals surface area (Å²) in [5, 5.41) is 12.2. The number of carbonyl (C=O) groups is 1. The molecule has 0 bridgehead atoms. The van der Waals surface area contributed by atoms with Crippen molar-refractivity contribution in [2.75, 3.05) is 5.32 Å². The number of nitrogens with zero attached hydrogens (tertiary/aromatic N) is 5. The maximum absolute atomic E-state index is 12.2. The van der Waals surface area contributed by atoms with Crippen molar-refractivity contribution in [2.45, 2.75) is 0 Å². The molecule has 3 aromatic rings. The molecule has 21 heavy (non-hydrogen) atoms. The summed E-state index contributed by atoms with van der Waals surface area (Å²) in [6, 6.07) is 0. The van der Waals surface area contributed by atoms with Gasteiger partial charge in [-0.3, -0.25) is 24.0 Å². The van der Waals surface area contributed by atoms with Gasteiger partial charge in [-0.1, -0.05) is 0 Å². The molecule has 0 saturated carbocycles. The van der Waals surface area contributed by atoms with Crippen molar-refractivity contribution in [1.82, 2.24) is 24.3 Å². The van der Waals surface area contributed by atoms with Gasteiger partial charge in [0.2, 0.25) is 5.88 Å². The first-order valence-corrected chi connectivity index (χ1v) is 5.79. The van der Waals surface area contributed by atoms with E-state index in [9.17, 15) is 14.7 Å². The van der Waals surface area contributed by atoms with Gasteiger partial charge in [-0.25, -0.2) is 4.98 Å². The third-order valence-corrected chi connectivity index (χ3v) is 2.65. The Balaban J connectivity index is 2.08. The Morgan fingerprint density at radius 1 is 1.19 bits per heavy atom. The molecule has 2 N–H and O–H groups in total. The summed E-state index contributed by atoms with van der Waals surface area (Å²) in [5.74, 6) is -1.34. The number of fused-ring (bicyclic) bond motifs is 1. The molecule has 0 fully saturated rings. The molecule has 1 amide bonds. The molecule has 0 aliphatic heterocycles. The summed E-state index contributed by atoms with van der Waals surface area (Å²) < 4.78 is 1.11. The van der Waals surface area contributed by atoms with Crippen LogP contribution in [0.1, 0.15) is 10.4 Å². The molecule has 0 aliphatic rings. The molecule has 0 spiro atoms. The molecule has 0 aliphatic carbocycles. The normalized spacial score (nSPS) is 10.5. The monoisotopic (exact) mass is 284 g/mol. The van der Waals surface area contributed by atoms with Crippen LogP contribution in [0.3, 0.4) is 0 Å². The van der Waals surface area contributed by atoms with Gasteiger partial charge in [0.15, 0.2) is 17.0 Å². The van der Waals surface area contributed by atoms with Gasteiger partial charge in [0.05, 0.1) is 12.4 Å². The summed E-state index contributed by atoms with van der Waals surface area (Å²) in [6.45, 7) is 0. The van der Waals surface area contributed by atoms with E-state index in [4.69, 9.17) is 0 Å². The van der Waals surface area contributed by atoms with Gasteiger partial charge in [-0.05, 0) is 0 Å². The zero-order valence-electron chi connectivity index (χ0n) is 10.5. The molecule has 3 aromatic heterocycles. The molecular weight excluding hydrogens is 276 g/mol. The fourth-order valence-corrected chi connectivity index (χ4v) is 1.73. The van der Waals surface area contributed by atoms with Crippen LogP contribution < -0.4 is 10.9 Å². The van der Waals surface area contributed by atoms with Crippen molar-refractivity contribution in [1.29, 1.82) is 0 Å². The van der Waals surface area contributed by atoms with Crippen molar-refractivity contribution in [2.24, 2.45) is 0 Å². The predicted octanol–water partition coefficient (Wildman–Crippen LogP) is -0.163. The number of nitrogens with one attached hydrogen (secondary N) is 1. The fourth-order valence-electron chi connectivity index (χ4n) is 1.73. The topological polar surface area (TPSA) is 122 Å². The average molecular weight is 284 g/mol. The first kappa shape index (κ1) is 12.7. The molecule has 0 saturated heterocycles. The second-order valence-electron chi connectivity index (χ2n) is 3.96. The van der Waals surface area contributed by atoms with Crippen LogP contribution in [0.4, 0.5) is 5.82 Å². The highest BCUT2D eigenvalue weighted by Gasteiger charge is 2.20. The Hall–Kier alpha value is -3.36. The molecule has 104 valence electrons. The van der Waals surface area contributed by atoms with Gasteiger partial charge >= 0.3 is 0 Å². The Kier molecular flexibility index (Phi) is 2.99. The van der Waals surface area contributed by atoms with Gasteiger partial charge < -0.3 is 10.4 Å². The number of hydrogen-bond donors (Lipinski definition) is 2. The standard InChI is InChI=1S/C12H8N6O3/c19-10(16-7-5-13-1-2-15-7)9-11(20)17-8-6-14-3-4-18(8)12(9)21/h1-6,20H,(H,15,16,19). The van der Waals surface area contributed by atoms with E-state index in [1.165, 1.54) is 37.2 Å². The smallest absolute Gasteiger partial charge is 0.274 e. The predicted molar refractivity (Wildman–Crippen MR) is 70.9 cm³/mol. The first-order chi connectivity index (χ1) is 10.2. The van der Waals surface area contributed by atoms with Crippen LogP contribution in [-0.4, -0.2) is 35.4 Å². The van der Waals surface area contributed by atoms with Gasteiger partial charge in [-0.15, -0.1) is 0 Å². The van der Waals surface area contributed by atoms with E-state index in [0.717, 1.165) is 4.40 Å². The molecule has 3 rings (SSSR count). The van der Waals surface area contributed by atoms with Crippen LogP contribution >= 0.6 is 0 Å².